The molecule has 1 heterocycles. The Labute approximate surface area is 134 Å². The third-order valence-electron chi connectivity index (χ3n) is 3.15. The number of aryl methyl sites for hydroxylation is 1. The fraction of sp³-hybridized carbons (Fsp3) is 0.375. The molecule has 0 amide bonds. The summed E-state index contributed by atoms with van der Waals surface area (Å²) in [6.45, 7) is 5.25. The van der Waals surface area contributed by atoms with Crippen molar-refractivity contribution >= 4 is 17.0 Å². The molecule has 2 aromatic rings. The summed E-state index contributed by atoms with van der Waals surface area (Å²) < 4.78 is 5.69. The molecule has 0 saturated heterocycles. The summed E-state index contributed by atoms with van der Waals surface area (Å²) >= 11 is 1.52. The monoisotopic (exact) mass is 319 g/mol. The Balaban J connectivity index is 2.17. The molecule has 0 radical (unpaired) electrons. The zero-order valence-corrected chi connectivity index (χ0v) is 14.1. The highest BCUT2D eigenvalue weighted by Gasteiger charge is 2.14. The van der Waals surface area contributed by atoms with E-state index in [9.17, 15) is 0 Å². The molecule has 0 saturated carbocycles. The average molecular weight is 319 g/mol. The zero-order valence-electron chi connectivity index (χ0n) is 13.3. The number of benzene rings is 1. The minimum absolute atomic E-state index is 0.576. The Kier molecular flexibility index (Phi) is 5.51. The molecule has 0 aliphatic heterocycles. The van der Waals surface area contributed by atoms with Crippen molar-refractivity contribution in [2.24, 2.45) is 5.16 Å². The second kappa shape index (κ2) is 7.38. The van der Waals surface area contributed by atoms with E-state index >= 15 is 0 Å². The first-order valence-corrected chi connectivity index (χ1v) is 7.87. The van der Waals surface area contributed by atoms with Gasteiger partial charge in [0.25, 0.3) is 0 Å². The second-order valence-electron chi connectivity index (χ2n) is 5.27. The van der Waals surface area contributed by atoms with Gasteiger partial charge in [-0.05, 0) is 52.2 Å². The molecule has 1 aromatic heterocycles. The SMILES string of the molecule is C/C(=N\O)c1sc(C)nc1-c1ccc(OCCN(C)C)cc1. The van der Waals surface area contributed by atoms with E-state index in [4.69, 9.17) is 9.94 Å². The number of ether oxygens (including phenoxy) is 1. The molecule has 0 unspecified atom stereocenters. The summed E-state index contributed by atoms with van der Waals surface area (Å²) in [7, 11) is 4.03. The van der Waals surface area contributed by atoms with E-state index < -0.39 is 0 Å². The van der Waals surface area contributed by atoms with Gasteiger partial charge in [-0.2, -0.15) is 0 Å². The molecule has 0 bridgehead atoms. The maximum Gasteiger partial charge on any atom is 0.119 e. The van der Waals surface area contributed by atoms with Crippen molar-refractivity contribution in [2.75, 3.05) is 27.2 Å². The predicted octanol–water partition coefficient (Wildman–Crippen LogP) is 3.26. The smallest absolute Gasteiger partial charge is 0.119 e. The number of thiazole rings is 1. The van der Waals surface area contributed by atoms with Crippen LogP contribution >= 0.6 is 11.3 Å². The maximum atomic E-state index is 9.00. The van der Waals surface area contributed by atoms with Gasteiger partial charge in [-0.25, -0.2) is 4.98 Å². The normalized spacial score (nSPS) is 12.0. The van der Waals surface area contributed by atoms with Gasteiger partial charge in [0.15, 0.2) is 0 Å². The van der Waals surface area contributed by atoms with Gasteiger partial charge in [-0.15, -0.1) is 11.3 Å². The molecular formula is C16H21N3O2S. The Hall–Kier alpha value is -1.92. The standard InChI is InChI=1S/C16H21N3O2S/c1-11(18-20)16-15(17-12(2)22-16)13-5-7-14(8-6-13)21-10-9-19(3)4/h5-8,20H,9-10H2,1-4H3/b18-11+. The van der Waals surface area contributed by atoms with Crippen molar-refractivity contribution in [3.8, 4) is 17.0 Å². The molecule has 2 rings (SSSR count). The first-order valence-electron chi connectivity index (χ1n) is 7.05. The van der Waals surface area contributed by atoms with Crippen molar-refractivity contribution in [3.05, 3.63) is 34.2 Å². The third-order valence-corrected chi connectivity index (χ3v) is 4.23. The fourth-order valence-electron chi connectivity index (χ4n) is 1.97. The topological polar surface area (TPSA) is 58.0 Å². The molecule has 118 valence electrons. The van der Waals surface area contributed by atoms with Gasteiger partial charge in [0.2, 0.25) is 0 Å². The Morgan fingerprint density at radius 2 is 2.00 bits per heavy atom. The summed E-state index contributed by atoms with van der Waals surface area (Å²) in [6, 6.07) is 7.84. The van der Waals surface area contributed by atoms with Crippen molar-refractivity contribution in [1.29, 1.82) is 0 Å². The molecule has 0 spiro atoms. The highest BCUT2D eigenvalue weighted by molar-refractivity contribution is 7.14. The summed E-state index contributed by atoms with van der Waals surface area (Å²) in [5.41, 5.74) is 2.41. The van der Waals surface area contributed by atoms with E-state index in [0.717, 1.165) is 33.4 Å². The lowest BCUT2D eigenvalue weighted by atomic mass is 10.1. The van der Waals surface area contributed by atoms with Crippen molar-refractivity contribution < 1.29 is 9.94 Å². The molecule has 22 heavy (non-hydrogen) atoms. The molecule has 0 fully saturated rings. The highest BCUT2D eigenvalue weighted by atomic mass is 32.1. The molecule has 1 N–H and O–H groups in total. The quantitative estimate of drug-likeness (QED) is 0.504. The van der Waals surface area contributed by atoms with E-state index in [2.05, 4.69) is 15.0 Å². The molecule has 0 aliphatic rings. The molecule has 1 aromatic carbocycles. The highest BCUT2D eigenvalue weighted by Crippen LogP contribution is 2.29. The number of likely N-dealkylation sites (N-methyl/N-ethyl adjacent to an activating group) is 1. The number of nitrogens with zero attached hydrogens (tertiary/aromatic N) is 3. The maximum absolute atomic E-state index is 9.00. The van der Waals surface area contributed by atoms with Gasteiger partial charge in [-0.3, -0.25) is 0 Å². The largest absolute Gasteiger partial charge is 0.492 e. The van der Waals surface area contributed by atoms with E-state index in [-0.39, 0.29) is 0 Å². The van der Waals surface area contributed by atoms with Crippen LogP contribution in [0.1, 0.15) is 16.8 Å². The van der Waals surface area contributed by atoms with E-state index in [1.54, 1.807) is 6.92 Å². The minimum Gasteiger partial charge on any atom is -0.492 e. The number of oxime groups is 1. The molecule has 6 heteroatoms. The molecule has 0 aliphatic carbocycles. The van der Waals surface area contributed by atoms with Crippen molar-refractivity contribution in [3.63, 3.8) is 0 Å². The van der Waals surface area contributed by atoms with Gasteiger partial charge in [-0.1, -0.05) is 5.16 Å². The summed E-state index contributed by atoms with van der Waals surface area (Å²) in [6.07, 6.45) is 0. The van der Waals surface area contributed by atoms with Crippen LogP contribution in [0.5, 0.6) is 5.75 Å². The van der Waals surface area contributed by atoms with Crippen LogP contribution in [0.4, 0.5) is 0 Å². The number of hydrogen-bond acceptors (Lipinski definition) is 6. The van der Waals surface area contributed by atoms with Gasteiger partial charge < -0.3 is 14.8 Å². The van der Waals surface area contributed by atoms with Gasteiger partial charge in [0, 0.05) is 12.1 Å². The lowest BCUT2D eigenvalue weighted by Crippen LogP contribution is -2.19. The summed E-state index contributed by atoms with van der Waals surface area (Å²) in [5, 5.41) is 13.2. The number of hydrogen-bond donors (Lipinski definition) is 1. The second-order valence-corrected chi connectivity index (χ2v) is 6.48. The zero-order chi connectivity index (χ0) is 16.1. The van der Waals surface area contributed by atoms with E-state index in [1.807, 2.05) is 45.3 Å². The lowest BCUT2D eigenvalue weighted by molar-refractivity contribution is 0.261. The van der Waals surface area contributed by atoms with Crippen LogP contribution in [0, 0.1) is 6.92 Å². The molecular weight excluding hydrogens is 298 g/mol. The van der Waals surface area contributed by atoms with Crippen LogP contribution in [0.2, 0.25) is 0 Å². The van der Waals surface area contributed by atoms with Crippen LogP contribution in [0.25, 0.3) is 11.3 Å². The van der Waals surface area contributed by atoms with Gasteiger partial charge >= 0.3 is 0 Å². The minimum atomic E-state index is 0.576. The number of aromatic nitrogens is 1. The van der Waals surface area contributed by atoms with Crippen LogP contribution < -0.4 is 4.74 Å². The first-order chi connectivity index (χ1) is 10.5. The Morgan fingerprint density at radius 1 is 1.32 bits per heavy atom. The van der Waals surface area contributed by atoms with E-state index in [1.165, 1.54) is 11.3 Å². The predicted molar refractivity (Wildman–Crippen MR) is 90.3 cm³/mol. The van der Waals surface area contributed by atoms with Gasteiger partial charge in [0.05, 0.1) is 21.3 Å². The van der Waals surface area contributed by atoms with Crippen LogP contribution in [0.15, 0.2) is 29.4 Å². The Morgan fingerprint density at radius 3 is 2.59 bits per heavy atom. The summed E-state index contributed by atoms with van der Waals surface area (Å²) in [4.78, 5) is 7.51. The van der Waals surface area contributed by atoms with E-state index in [0.29, 0.717) is 12.3 Å². The third kappa shape index (κ3) is 4.05. The van der Waals surface area contributed by atoms with Crippen molar-refractivity contribution in [2.45, 2.75) is 13.8 Å². The van der Waals surface area contributed by atoms with Gasteiger partial charge in [0.1, 0.15) is 12.4 Å². The van der Waals surface area contributed by atoms with Crippen molar-refractivity contribution in [1.82, 2.24) is 9.88 Å². The van der Waals surface area contributed by atoms with Crippen LogP contribution in [0.3, 0.4) is 0 Å². The molecule has 0 atom stereocenters. The number of rotatable bonds is 6. The molecule has 5 nitrogen and oxygen atoms in total. The fourth-order valence-corrected chi connectivity index (χ4v) is 2.85. The Bertz CT molecular complexity index is 648. The summed E-state index contributed by atoms with van der Waals surface area (Å²) in [5.74, 6) is 0.839. The average Bonchev–Trinajstić information content (AvgIpc) is 2.89. The lowest BCUT2D eigenvalue weighted by Gasteiger charge is -2.11. The van der Waals surface area contributed by atoms with Crippen LogP contribution in [-0.2, 0) is 0 Å². The van der Waals surface area contributed by atoms with Crippen LogP contribution in [-0.4, -0.2) is 48.0 Å². The first kappa shape index (κ1) is 16.5.